The van der Waals surface area contributed by atoms with E-state index in [0.29, 0.717) is 13.1 Å². The second-order valence-corrected chi connectivity index (χ2v) is 6.23. The third-order valence-electron chi connectivity index (χ3n) is 2.88. The van der Waals surface area contributed by atoms with Crippen LogP contribution in [0.5, 0.6) is 0 Å². The lowest BCUT2D eigenvalue weighted by Crippen LogP contribution is -2.27. The normalized spacial score (nSPS) is 11.9. The van der Waals surface area contributed by atoms with Crippen LogP contribution in [0.25, 0.3) is 0 Å². The molecule has 0 saturated heterocycles. The molecule has 116 valence electrons. The zero-order valence-electron chi connectivity index (χ0n) is 11.9. The summed E-state index contributed by atoms with van der Waals surface area (Å²) in [6, 6.07) is 1.79. The van der Waals surface area contributed by atoms with Crippen LogP contribution in [0.3, 0.4) is 0 Å². The Labute approximate surface area is 124 Å². The molecule has 0 aliphatic carbocycles. The molecule has 0 radical (unpaired) electrons. The fraction of sp³-hybridized carbons (Fsp3) is 0.500. The van der Waals surface area contributed by atoms with E-state index in [9.17, 15) is 8.42 Å². The summed E-state index contributed by atoms with van der Waals surface area (Å²) in [5.74, 6) is 0. The fourth-order valence-corrected chi connectivity index (χ4v) is 2.76. The van der Waals surface area contributed by atoms with Crippen LogP contribution in [0, 0.1) is 0 Å². The Morgan fingerprint density at radius 3 is 2.71 bits per heavy atom. The van der Waals surface area contributed by atoms with Crippen molar-refractivity contribution in [3.05, 3.63) is 30.9 Å². The number of sulfonamides is 1. The first-order valence-electron chi connectivity index (χ1n) is 6.82. The average molecular weight is 312 g/mol. The van der Waals surface area contributed by atoms with E-state index in [1.54, 1.807) is 27.8 Å². The topological polar surface area (TPSA) is 93.8 Å². The number of hydrogen-bond donors (Lipinski definition) is 2. The number of aromatic nitrogens is 4. The van der Waals surface area contributed by atoms with Gasteiger partial charge in [-0.05, 0) is 12.6 Å². The Balaban J connectivity index is 1.86. The maximum absolute atomic E-state index is 12.1. The van der Waals surface area contributed by atoms with Crippen molar-refractivity contribution in [3.8, 4) is 0 Å². The smallest absolute Gasteiger partial charge is 0.243 e. The van der Waals surface area contributed by atoms with E-state index in [2.05, 4.69) is 20.2 Å². The third kappa shape index (κ3) is 4.66. The molecule has 0 aliphatic rings. The van der Waals surface area contributed by atoms with Crippen LogP contribution in [0.15, 0.2) is 35.7 Å². The summed E-state index contributed by atoms with van der Waals surface area (Å²) in [5.41, 5.74) is 0. The monoisotopic (exact) mass is 312 g/mol. The van der Waals surface area contributed by atoms with Gasteiger partial charge in [-0.25, -0.2) is 13.1 Å². The summed E-state index contributed by atoms with van der Waals surface area (Å²) in [6.45, 7) is 5.05. The number of rotatable bonds is 9. The molecule has 0 unspecified atom stereocenters. The number of nitrogens with zero attached hydrogens (tertiary/aromatic N) is 4. The lowest BCUT2D eigenvalue weighted by atomic mass is 10.6. The second kappa shape index (κ2) is 7.34. The Hall–Kier alpha value is -1.71. The van der Waals surface area contributed by atoms with Crippen molar-refractivity contribution in [2.75, 3.05) is 19.6 Å². The number of nitrogens with one attached hydrogen (secondary N) is 2. The van der Waals surface area contributed by atoms with E-state index < -0.39 is 10.0 Å². The van der Waals surface area contributed by atoms with Gasteiger partial charge < -0.3 is 5.32 Å². The van der Waals surface area contributed by atoms with E-state index in [-0.39, 0.29) is 11.4 Å². The van der Waals surface area contributed by atoms with Gasteiger partial charge in [-0.15, -0.1) is 0 Å². The summed E-state index contributed by atoms with van der Waals surface area (Å²) in [5, 5.41) is 11.2. The summed E-state index contributed by atoms with van der Waals surface area (Å²) in [7, 11) is -3.52. The highest BCUT2D eigenvalue weighted by molar-refractivity contribution is 7.89. The van der Waals surface area contributed by atoms with Crippen molar-refractivity contribution in [2.45, 2.75) is 24.9 Å². The second-order valence-electron chi connectivity index (χ2n) is 4.46. The molecule has 0 atom stereocenters. The molecule has 2 heterocycles. The molecule has 0 saturated carbocycles. The molecule has 0 fully saturated rings. The van der Waals surface area contributed by atoms with Gasteiger partial charge in [-0.1, -0.05) is 6.92 Å². The molecule has 2 aromatic heterocycles. The van der Waals surface area contributed by atoms with Crippen molar-refractivity contribution in [3.63, 3.8) is 0 Å². The molecular weight excluding hydrogens is 292 g/mol. The molecule has 2 aromatic rings. The van der Waals surface area contributed by atoms with Crippen molar-refractivity contribution in [1.82, 2.24) is 29.6 Å². The van der Waals surface area contributed by atoms with Crippen LogP contribution in [0.2, 0.25) is 0 Å². The molecule has 0 amide bonds. The van der Waals surface area contributed by atoms with Gasteiger partial charge in [-0.2, -0.15) is 10.2 Å². The molecule has 0 bridgehead atoms. The maximum atomic E-state index is 12.1. The SMILES string of the molecule is CCNCCn1cc(S(=O)(=O)NCCn2cccn2)cn1. The number of hydrogen-bond acceptors (Lipinski definition) is 5. The van der Waals surface area contributed by atoms with Gasteiger partial charge in [0.05, 0.1) is 19.3 Å². The minimum atomic E-state index is -3.52. The molecule has 2 rings (SSSR count). The highest BCUT2D eigenvalue weighted by Crippen LogP contribution is 2.06. The lowest BCUT2D eigenvalue weighted by Gasteiger charge is -2.05. The Morgan fingerprint density at radius 2 is 2.00 bits per heavy atom. The molecule has 0 spiro atoms. The van der Waals surface area contributed by atoms with Gasteiger partial charge in [-0.3, -0.25) is 9.36 Å². The maximum Gasteiger partial charge on any atom is 0.243 e. The van der Waals surface area contributed by atoms with Gasteiger partial charge in [0.1, 0.15) is 4.90 Å². The first-order valence-corrected chi connectivity index (χ1v) is 8.30. The first kappa shape index (κ1) is 15.7. The van der Waals surface area contributed by atoms with Crippen LogP contribution >= 0.6 is 0 Å². The van der Waals surface area contributed by atoms with E-state index in [4.69, 9.17) is 0 Å². The van der Waals surface area contributed by atoms with Crippen LogP contribution in [-0.2, 0) is 23.1 Å². The molecular formula is C12H20N6O2S. The largest absolute Gasteiger partial charge is 0.315 e. The summed E-state index contributed by atoms with van der Waals surface area (Å²) in [6.07, 6.45) is 6.34. The molecule has 21 heavy (non-hydrogen) atoms. The van der Waals surface area contributed by atoms with Crippen molar-refractivity contribution >= 4 is 10.0 Å². The highest BCUT2D eigenvalue weighted by Gasteiger charge is 2.15. The molecule has 9 heteroatoms. The van der Waals surface area contributed by atoms with Crippen LogP contribution in [0.4, 0.5) is 0 Å². The minimum absolute atomic E-state index is 0.180. The number of likely N-dealkylation sites (N-methyl/N-ethyl adjacent to an activating group) is 1. The van der Waals surface area contributed by atoms with E-state index >= 15 is 0 Å². The van der Waals surface area contributed by atoms with E-state index in [1.807, 2.05) is 6.92 Å². The van der Waals surface area contributed by atoms with Gasteiger partial charge in [0.15, 0.2) is 0 Å². The van der Waals surface area contributed by atoms with Crippen LogP contribution in [-0.4, -0.2) is 47.6 Å². The molecule has 0 aliphatic heterocycles. The van der Waals surface area contributed by atoms with Crippen LogP contribution in [0.1, 0.15) is 6.92 Å². The zero-order valence-corrected chi connectivity index (χ0v) is 12.8. The van der Waals surface area contributed by atoms with Gasteiger partial charge in [0, 0.05) is 31.7 Å². The highest BCUT2D eigenvalue weighted by atomic mass is 32.2. The fourth-order valence-electron chi connectivity index (χ4n) is 1.79. The zero-order chi connectivity index (χ0) is 15.1. The molecule has 8 nitrogen and oxygen atoms in total. The first-order chi connectivity index (χ1) is 10.1. The van der Waals surface area contributed by atoms with Gasteiger partial charge >= 0.3 is 0 Å². The molecule has 0 aromatic carbocycles. The Bertz CT molecular complexity index is 635. The third-order valence-corrected chi connectivity index (χ3v) is 4.30. The van der Waals surface area contributed by atoms with Crippen LogP contribution < -0.4 is 10.0 Å². The van der Waals surface area contributed by atoms with E-state index in [1.165, 1.54) is 12.4 Å². The van der Waals surface area contributed by atoms with E-state index in [0.717, 1.165) is 13.1 Å². The standard InChI is InChI=1S/C12H20N6O2S/c1-2-13-5-8-18-11-12(10-15-18)21(19,20)16-6-9-17-7-3-4-14-17/h3-4,7,10-11,13,16H,2,5-6,8-9H2,1H3. The average Bonchev–Trinajstić information content (AvgIpc) is 3.10. The van der Waals surface area contributed by atoms with Crippen molar-refractivity contribution < 1.29 is 8.42 Å². The predicted octanol–water partition coefficient (Wildman–Crippen LogP) is -0.332. The minimum Gasteiger partial charge on any atom is -0.315 e. The van der Waals surface area contributed by atoms with Crippen molar-refractivity contribution in [2.24, 2.45) is 0 Å². The lowest BCUT2D eigenvalue weighted by molar-refractivity contribution is 0.557. The Morgan fingerprint density at radius 1 is 1.19 bits per heavy atom. The molecule has 2 N–H and O–H groups in total. The predicted molar refractivity (Wildman–Crippen MR) is 78.2 cm³/mol. The summed E-state index contributed by atoms with van der Waals surface area (Å²) >= 11 is 0. The van der Waals surface area contributed by atoms with Gasteiger partial charge in [0.2, 0.25) is 10.0 Å². The Kier molecular flexibility index (Phi) is 5.48. The summed E-state index contributed by atoms with van der Waals surface area (Å²) in [4.78, 5) is 0.180. The summed E-state index contributed by atoms with van der Waals surface area (Å²) < 4.78 is 30.0. The van der Waals surface area contributed by atoms with Crippen molar-refractivity contribution in [1.29, 1.82) is 0 Å². The quantitative estimate of drug-likeness (QED) is 0.618. The van der Waals surface area contributed by atoms with Gasteiger partial charge in [0.25, 0.3) is 0 Å².